The highest BCUT2D eigenvalue weighted by molar-refractivity contribution is 6.34. The molecule has 116 valence electrons. The van der Waals surface area contributed by atoms with E-state index in [0.29, 0.717) is 17.6 Å². The topological polar surface area (TPSA) is 71.2 Å². The third kappa shape index (κ3) is 3.13. The van der Waals surface area contributed by atoms with Crippen molar-refractivity contribution in [3.05, 3.63) is 46.7 Å². The van der Waals surface area contributed by atoms with Crippen molar-refractivity contribution in [3.63, 3.8) is 0 Å². The van der Waals surface area contributed by atoms with E-state index in [0.717, 1.165) is 31.5 Å². The predicted molar refractivity (Wildman–Crippen MR) is 82.0 cm³/mol. The molecule has 7 heteroatoms. The van der Waals surface area contributed by atoms with Crippen molar-refractivity contribution in [2.24, 2.45) is 0 Å². The maximum atomic E-state index is 11.2. The van der Waals surface area contributed by atoms with Gasteiger partial charge in [-0.1, -0.05) is 28.9 Å². The summed E-state index contributed by atoms with van der Waals surface area (Å²) in [5.74, 6) is -0.994. The summed E-state index contributed by atoms with van der Waals surface area (Å²) in [5.41, 5.74) is 1.00. The van der Waals surface area contributed by atoms with Gasteiger partial charge in [0.15, 0.2) is 0 Å². The van der Waals surface area contributed by atoms with Gasteiger partial charge in [-0.05, 0) is 31.0 Å². The average Bonchev–Trinajstić information content (AvgIpc) is 3.04. The number of hydrogen-bond donors (Lipinski definition) is 1. The van der Waals surface area contributed by atoms with Gasteiger partial charge in [-0.3, -0.25) is 4.90 Å². The second-order valence-corrected chi connectivity index (χ2v) is 5.88. The van der Waals surface area contributed by atoms with Gasteiger partial charge in [0.05, 0.1) is 22.8 Å². The van der Waals surface area contributed by atoms with Crippen LogP contribution in [0.4, 0.5) is 0 Å². The zero-order chi connectivity index (χ0) is 15.5. The molecule has 3 rings (SSSR count). The summed E-state index contributed by atoms with van der Waals surface area (Å²) in [7, 11) is 0. The van der Waals surface area contributed by atoms with Crippen molar-refractivity contribution in [1.82, 2.24) is 19.9 Å². The van der Waals surface area contributed by atoms with Crippen molar-refractivity contribution in [2.75, 3.05) is 13.1 Å². The van der Waals surface area contributed by atoms with Crippen LogP contribution in [-0.2, 0) is 6.54 Å². The van der Waals surface area contributed by atoms with E-state index in [1.165, 1.54) is 6.07 Å². The van der Waals surface area contributed by atoms with E-state index in [4.69, 9.17) is 16.7 Å². The van der Waals surface area contributed by atoms with Gasteiger partial charge >= 0.3 is 5.97 Å². The first kappa shape index (κ1) is 15.0. The van der Waals surface area contributed by atoms with Gasteiger partial charge in [0.25, 0.3) is 0 Å². The van der Waals surface area contributed by atoms with Gasteiger partial charge in [0, 0.05) is 19.3 Å². The molecule has 1 saturated heterocycles. The third-order valence-electron chi connectivity index (χ3n) is 4.00. The highest BCUT2D eigenvalue weighted by Crippen LogP contribution is 2.26. The Morgan fingerprint density at radius 3 is 3.05 bits per heavy atom. The normalized spacial score (nSPS) is 19.2. The molecular weight excluding hydrogens is 304 g/mol. The fourth-order valence-electron chi connectivity index (χ4n) is 2.91. The molecule has 0 saturated carbocycles. The van der Waals surface area contributed by atoms with E-state index >= 15 is 0 Å². The van der Waals surface area contributed by atoms with Crippen LogP contribution in [0.1, 0.15) is 34.8 Å². The first-order valence-electron chi connectivity index (χ1n) is 7.24. The molecule has 1 fully saturated rings. The SMILES string of the molecule is O=C(O)c1cccc(CN2CCCC(n3ccnn3)C2)c1Cl. The number of carboxylic acids is 1. The molecule has 1 aliphatic heterocycles. The monoisotopic (exact) mass is 320 g/mol. The molecule has 1 atom stereocenters. The van der Waals surface area contributed by atoms with Gasteiger partial charge in [-0.15, -0.1) is 5.10 Å². The van der Waals surface area contributed by atoms with E-state index in [-0.39, 0.29) is 5.56 Å². The fourth-order valence-corrected chi connectivity index (χ4v) is 3.18. The summed E-state index contributed by atoms with van der Waals surface area (Å²) >= 11 is 6.22. The second-order valence-electron chi connectivity index (χ2n) is 5.50. The number of carboxylic acid groups (broad SMARTS) is 1. The molecule has 0 amide bonds. The Kier molecular flexibility index (Phi) is 4.40. The lowest BCUT2D eigenvalue weighted by molar-refractivity contribution is 0.0696. The zero-order valence-corrected chi connectivity index (χ0v) is 12.8. The van der Waals surface area contributed by atoms with Crippen molar-refractivity contribution in [3.8, 4) is 0 Å². The summed E-state index contributed by atoms with van der Waals surface area (Å²) in [6.07, 6.45) is 5.71. The number of halogens is 1. The molecule has 1 aromatic heterocycles. The van der Waals surface area contributed by atoms with Crippen LogP contribution in [0.2, 0.25) is 5.02 Å². The largest absolute Gasteiger partial charge is 0.478 e. The van der Waals surface area contributed by atoms with Gasteiger partial charge in [0.1, 0.15) is 0 Å². The molecule has 0 bridgehead atoms. The lowest BCUT2D eigenvalue weighted by Gasteiger charge is -2.32. The molecule has 1 unspecified atom stereocenters. The Bertz CT molecular complexity index is 660. The number of carbonyl (C=O) groups is 1. The summed E-state index contributed by atoms with van der Waals surface area (Å²) in [4.78, 5) is 13.4. The summed E-state index contributed by atoms with van der Waals surface area (Å²) in [6, 6.07) is 5.46. The lowest BCUT2D eigenvalue weighted by Crippen LogP contribution is -2.36. The van der Waals surface area contributed by atoms with Crippen molar-refractivity contribution < 1.29 is 9.90 Å². The summed E-state index contributed by atoms with van der Waals surface area (Å²) in [5, 5.41) is 17.4. The number of likely N-dealkylation sites (tertiary alicyclic amines) is 1. The van der Waals surface area contributed by atoms with Gasteiger partial charge in [-0.2, -0.15) is 0 Å². The molecule has 6 nitrogen and oxygen atoms in total. The number of nitrogens with zero attached hydrogens (tertiary/aromatic N) is 4. The molecule has 1 aromatic carbocycles. The van der Waals surface area contributed by atoms with Crippen LogP contribution in [0.25, 0.3) is 0 Å². The Hall–Kier alpha value is -1.92. The molecule has 0 spiro atoms. The molecule has 0 radical (unpaired) electrons. The maximum Gasteiger partial charge on any atom is 0.337 e. The van der Waals surface area contributed by atoms with Crippen molar-refractivity contribution in [1.29, 1.82) is 0 Å². The van der Waals surface area contributed by atoms with Crippen LogP contribution < -0.4 is 0 Å². The van der Waals surface area contributed by atoms with Gasteiger partial charge in [0.2, 0.25) is 0 Å². The van der Waals surface area contributed by atoms with Crippen LogP contribution >= 0.6 is 11.6 Å². The van der Waals surface area contributed by atoms with E-state index in [1.807, 2.05) is 16.9 Å². The van der Waals surface area contributed by atoms with Crippen LogP contribution in [0.3, 0.4) is 0 Å². The van der Waals surface area contributed by atoms with E-state index in [9.17, 15) is 4.79 Å². The smallest absolute Gasteiger partial charge is 0.337 e. The average molecular weight is 321 g/mol. The standard InChI is InChI=1S/C15H17ClN4O2/c16-14-11(3-1-5-13(14)15(21)22)9-19-7-2-4-12(10-19)20-8-6-17-18-20/h1,3,5-6,8,12H,2,4,7,9-10H2,(H,21,22). The first-order chi connectivity index (χ1) is 10.6. The Morgan fingerprint density at radius 1 is 1.45 bits per heavy atom. The Balaban J connectivity index is 1.73. The van der Waals surface area contributed by atoms with E-state index < -0.39 is 5.97 Å². The third-order valence-corrected chi connectivity index (χ3v) is 4.45. The van der Waals surface area contributed by atoms with Crippen LogP contribution in [0.5, 0.6) is 0 Å². The van der Waals surface area contributed by atoms with Crippen LogP contribution in [0.15, 0.2) is 30.6 Å². The minimum atomic E-state index is -0.994. The quantitative estimate of drug-likeness (QED) is 0.937. The van der Waals surface area contributed by atoms with E-state index in [2.05, 4.69) is 15.2 Å². The number of aromatic carboxylic acids is 1. The van der Waals surface area contributed by atoms with Crippen LogP contribution in [0, 0.1) is 0 Å². The Labute approximate surface area is 133 Å². The number of piperidine rings is 1. The number of aromatic nitrogens is 3. The lowest BCUT2D eigenvalue weighted by atomic mass is 10.0. The zero-order valence-electron chi connectivity index (χ0n) is 12.0. The fraction of sp³-hybridized carbons (Fsp3) is 0.400. The number of hydrogen-bond acceptors (Lipinski definition) is 4. The number of benzene rings is 1. The minimum Gasteiger partial charge on any atom is -0.478 e. The van der Waals surface area contributed by atoms with Gasteiger partial charge < -0.3 is 5.11 Å². The molecule has 2 aromatic rings. The molecule has 22 heavy (non-hydrogen) atoms. The second kappa shape index (κ2) is 6.46. The van der Waals surface area contributed by atoms with Crippen molar-refractivity contribution >= 4 is 17.6 Å². The van der Waals surface area contributed by atoms with Crippen LogP contribution in [-0.4, -0.2) is 44.1 Å². The van der Waals surface area contributed by atoms with Gasteiger partial charge in [-0.25, -0.2) is 9.48 Å². The number of rotatable bonds is 4. The molecule has 0 aliphatic carbocycles. The van der Waals surface area contributed by atoms with Crippen molar-refractivity contribution in [2.45, 2.75) is 25.4 Å². The summed E-state index contributed by atoms with van der Waals surface area (Å²) in [6.45, 7) is 2.47. The highest BCUT2D eigenvalue weighted by Gasteiger charge is 2.23. The Morgan fingerprint density at radius 2 is 2.32 bits per heavy atom. The minimum absolute atomic E-state index is 0.156. The maximum absolute atomic E-state index is 11.2. The van der Waals surface area contributed by atoms with E-state index in [1.54, 1.807) is 12.3 Å². The summed E-state index contributed by atoms with van der Waals surface area (Å²) < 4.78 is 1.89. The molecular formula is C15H17ClN4O2. The molecule has 2 heterocycles. The first-order valence-corrected chi connectivity index (χ1v) is 7.62. The predicted octanol–water partition coefficient (Wildman–Crippen LogP) is 2.47. The molecule has 1 aliphatic rings. The molecule has 1 N–H and O–H groups in total. The highest BCUT2D eigenvalue weighted by atomic mass is 35.5.